The van der Waals surface area contributed by atoms with Gasteiger partial charge in [-0.05, 0) is 55.8 Å². The van der Waals surface area contributed by atoms with Crippen LogP contribution in [0.1, 0.15) is 12.8 Å². The Morgan fingerprint density at radius 3 is 2.55 bits per heavy atom. The minimum Gasteiger partial charge on any atom is -0.457 e. The number of nitrogen functional groups attached to an aromatic ring is 1. The van der Waals surface area contributed by atoms with Crippen molar-refractivity contribution in [1.82, 2.24) is 15.3 Å². The van der Waals surface area contributed by atoms with Crippen molar-refractivity contribution < 1.29 is 4.74 Å². The molecule has 2 aliphatic heterocycles. The molecule has 0 aliphatic carbocycles. The van der Waals surface area contributed by atoms with E-state index in [-0.39, 0.29) is 0 Å². The van der Waals surface area contributed by atoms with Crippen molar-refractivity contribution in [3.63, 3.8) is 0 Å². The topological polar surface area (TPSA) is 79.5 Å². The van der Waals surface area contributed by atoms with E-state index in [1.807, 2.05) is 42.5 Å². The number of hydrogen-bond donors (Lipinski definition) is 2. The average molecular weight is 388 g/mol. The van der Waals surface area contributed by atoms with E-state index in [2.05, 4.69) is 37.2 Å². The molecular formula is C22H24N6O. The molecule has 2 aliphatic rings. The molecule has 29 heavy (non-hydrogen) atoms. The van der Waals surface area contributed by atoms with Crippen LogP contribution in [-0.4, -0.2) is 35.8 Å². The lowest BCUT2D eigenvalue weighted by Gasteiger charge is -2.32. The zero-order chi connectivity index (χ0) is 19.6. The summed E-state index contributed by atoms with van der Waals surface area (Å²) in [5.41, 5.74) is 8.19. The summed E-state index contributed by atoms with van der Waals surface area (Å²) in [6, 6.07) is 18.2. The Morgan fingerprint density at radius 2 is 1.79 bits per heavy atom. The maximum Gasteiger partial charge on any atom is 0.160 e. The molecule has 0 bridgehead atoms. The van der Waals surface area contributed by atoms with Gasteiger partial charge in [0.15, 0.2) is 11.6 Å². The van der Waals surface area contributed by atoms with Gasteiger partial charge in [-0.2, -0.15) is 0 Å². The van der Waals surface area contributed by atoms with Crippen LogP contribution in [0.3, 0.4) is 0 Å². The molecule has 1 saturated heterocycles. The molecule has 0 radical (unpaired) electrons. The number of nitrogens with one attached hydrogen (secondary N) is 1. The predicted octanol–water partition coefficient (Wildman–Crippen LogP) is 3.52. The Hall–Kier alpha value is -3.32. The summed E-state index contributed by atoms with van der Waals surface area (Å²) in [4.78, 5) is 13.3. The van der Waals surface area contributed by atoms with Gasteiger partial charge in [-0.1, -0.05) is 18.2 Å². The van der Waals surface area contributed by atoms with Crippen molar-refractivity contribution >= 4 is 23.0 Å². The van der Waals surface area contributed by atoms with Gasteiger partial charge < -0.3 is 25.6 Å². The Balaban J connectivity index is 1.42. The van der Waals surface area contributed by atoms with Crippen LogP contribution in [0.5, 0.6) is 11.5 Å². The predicted molar refractivity (Wildman–Crippen MR) is 115 cm³/mol. The second kappa shape index (κ2) is 7.60. The number of rotatable bonds is 4. The fourth-order valence-corrected chi connectivity index (χ4v) is 4.06. The molecule has 0 amide bonds. The first kappa shape index (κ1) is 17.8. The van der Waals surface area contributed by atoms with Gasteiger partial charge in [0.2, 0.25) is 0 Å². The smallest absolute Gasteiger partial charge is 0.160 e. The fourth-order valence-electron chi connectivity index (χ4n) is 4.06. The Bertz CT molecular complexity index is 972. The molecule has 0 spiro atoms. The maximum atomic E-state index is 6.26. The van der Waals surface area contributed by atoms with Crippen molar-refractivity contribution in [2.45, 2.75) is 18.9 Å². The van der Waals surface area contributed by atoms with Crippen molar-refractivity contribution in [3.05, 3.63) is 60.9 Å². The molecule has 3 heterocycles. The summed E-state index contributed by atoms with van der Waals surface area (Å²) < 4.78 is 5.92. The molecule has 7 heteroatoms. The number of hydrogen-bond acceptors (Lipinski definition) is 7. The number of fused-ring (bicyclic) bond motifs is 1. The zero-order valence-corrected chi connectivity index (χ0v) is 16.2. The van der Waals surface area contributed by atoms with Crippen LogP contribution < -0.4 is 25.6 Å². The molecule has 2 aromatic carbocycles. The highest BCUT2D eigenvalue weighted by Gasteiger charge is 2.35. The third-order valence-corrected chi connectivity index (χ3v) is 5.51. The summed E-state index contributed by atoms with van der Waals surface area (Å²) in [5.74, 6) is 3.03. The summed E-state index contributed by atoms with van der Waals surface area (Å²) in [7, 11) is 0. The van der Waals surface area contributed by atoms with Crippen molar-refractivity contribution in [2.24, 2.45) is 0 Å². The van der Waals surface area contributed by atoms with Crippen LogP contribution in [-0.2, 0) is 0 Å². The molecule has 1 aromatic heterocycles. The first-order chi connectivity index (χ1) is 14.3. The highest BCUT2D eigenvalue weighted by molar-refractivity contribution is 5.87. The normalized spacial score (nSPS) is 18.6. The van der Waals surface area contributed by atoms with Crippen molar-refractivity contribution in [2.75, 3.05) is 35.3 Å². The number of nitrogens with two attached hydrogens (primary N) is 1. The van der Waals surface area contributed by atoms with Gasteiger partial charge in [-0.25, -0.2) is 9.97 Å². The zero-order valence-electron chi connectivity index (χ0n) is 16.2. The number of piperidine rings is 1. The summed E-state index contributed by atoms with van der Waals surface area (Å²) in [6.45, 7) is 2.75. The van der Waals surface area contributed by atoms with Gasteiger partial charge >= 0.3 is 0 Å². The molecule has 3 aromatic rings. The Labute approximate surface area is 170 Å². The highest BCUT2D eigenvalue weighted by atomic mass is 16.5. The van der Waals surface area contributed by atoms with E-state index in [0.29, 0.717) is 18.5 Å². The fraction of sp³-hybridized carbons (Fsp3) is 0.273. The molecule has 3 N–H and O–H groups in total. The van der Waals surface area contributed by atoms with Gasteiger partial charge in [-0.15, -0.1) is 0 Å². The van der Waals surface area contributed by atoms with E-state index in [1.165, 1.54) is 6.42 Å². The molecule has 0 unspecified atom stereocenters. The molecule has 1 atom stereocenters. The standard InChI is InChI=1S/C22H24N6O/c23-21-20-22(26-14-25-21)28(17-5-4-12-24-13-17)15-27(20)16-8-10-19(11-9-16)29-18-6-2-1-3-7-18/h1-3,6-11,14,17,24H,4-5,12-13,15H2,(H2,23,25,26)/t17-/m1/s1. The number of aromatic nitrogens is 2. The molecule has 0 saturated carbocycles. The van der Waals surface area contributed by atoms with E-state index in [4.69, 9.17) is 10.5 Å². The van der Waals surface area contributed by atoms with Gasteiger partial charge in [0, 0.05) is 18.3 Å². The third kappa shape index (κ3) is 3.45. The first-order valence-electron chi connectivity index (χ1n) is 9.98. The van der Waals surface area contributed by atoms with Crippen molar-refractivity contribution in [1.29, 1.82) is 0 Å². The summed E-state index contributed by atoms with van der Waals surface area (Å²) in [5, 5.41) is 3.49. The second-order valence-corrected chi connectivity index (χ2v) is 7.38. The summed E-state index contributed by atoms with van der Waals surface area (Å²) in [6.07, 6.45) is 3.87. The minimum atomic E-state index is 0.405. The lowest BCUT2D eigenvalue weighted by atomic mass is 10.1. The maximum absolute atomic E-state index is 6.26. The molecule has 1 fully saturated rings. The Morgan fingerprint density at radius 1 is 1.00 bits per heavy atom. The molecular weight excluding hydrogens is 364 g/mol. The van der Waals surface area contributed by atoms with Crippen LogP contribution in [0.25, 0.3) is 0 Å². The lowest BCUT2D eigenvalue weighted by Crippen LogP contribution is -2.47. The van der Waals surface area contributed by atoms with Crippen LogP contribution in [0.4, 0.5) is 23.0 Å². The van der Waals surface area contributed by atoms with E-state index < -0.39 is 0 Å². The van der Waals surface area contributed by atoms with Crippen LogP contribution in [0.2, 0.25) is 0 Å². The number of anilines is 4. The van der Waals surface area contributed by atoms with E-state index in [9.17, 15) is 0 Å². The number of benzene rings is 2. The monoisotopic (exact) mass is 388 g/mol. The SMILES string of the molecule is Nc1ncnc2c1N(c1ccc(Oc3ccccc3)cc1)CN2[C@@H]1CCCNC1. The quantitative estimate of drug-likeness (QED) is 0.708. The van der Waals surface area contributed by atoms with Gasteiger partial charge in [-0.3, -0.25) is 0 Å². The number of ether oxygens (including phenoxy) is 1. The largest absolute Gasteiger partial charge is 0.457 e. The number of para-hydroxylation sites is 1. The van der Waals surface area contributed by atoms with Crippen LogP contribution in [0, 0.1) is 0 Å². The molecule has 7 nitrogen and oxygen atoms in total. The lowest BCUT2D eigenvalue weighted by molar-refractivity contribution is 0.436. The van der Waals surface area contributed by atoms with E-state index in [0.717, 1.165) is 48.2 Å². The Kier molecular flexibility index (Phi) is 4.65. The molecule has 148 valence electrons. The van der Waals surface area contributed by atoms with E-state index in [1.54, 1.807) is 6.33 Å². The van der Waals surface area contributed by atoms with Gasteiger partial charge in [0.05, 0.1) is 6.67 Å². The minimum absolute atomic E-state index is 0.405. The first-order valence-corrected chi connectivity index (χ1v) is 9.98. The number of nitrogens with zero attached hydrogens (tertiary/aromatic N) is 4. The van der Waals surface area contributed by atoms with Crippen molar-refractivity contribution in [3.8, 4) is 11.5 Å². The van der Waals surface area contributed by atoms with Crippen LogP contribution in [0.15, 0.2) is 60.9 Å². The second-order valence-electron chi connectivity index (χ2n) is 7.38. The molecule has 5 rings (SSSR count). The third-order valence-electron chi connectivity index (χ3n) is 5.51. The van der Waals surface area contributed by atoms with Gasteiger partial charge in [0.25, 0.3) is 0 Å². The summed E-state index contributed by atoms with van der Waals surface area (Å²) >= 11 is 0. The van der Waals surface area contributed by atoms with Crippen LogP contribution >= 0.6 is 0 Å². The highest BCUT2D eigenvalue weighted by Crippen LogP contribution is 2.43. The van der Waals surface area contributed by atoms with E-state index >= 15 is 0 Å². The average Bonchev–Trinajstić information content (AvgIpc) is 3.17. The van der Waals surface area contributed by atoms with Gasteiger partial charge in [0.1, 0.15) is 23.5 Å².